The number of carbonyl (C=O) groups excluding carboxylic acids is 1. The third-order valence-corrected chi connectivity index (χ3v) is 4.20. The van der Waals surface area contributed by atoms with Crippen LogP contribution < -0.4 is 5.73 Å². The summed E-state index contributed by atoms with van der Waals surface area (Å²) >= 11 is 4.07. The van der Waals surface area contributed by atoms with Crippen molar-refractivity contribution in [2.45, 2.75) is 43.7 Å². The van der Waals surface area contributed by atoms with Gasteiger partial charge in [-0.05, 0) is 38.6 Å². The van der Waals surface area contributed by atoms with E-state index in [2.05, 4.69) is 17.8 Å². The Hall–Kier alpha value is -1.15. The Labute approximate surface area is 123 Å². The minimum absolute atomic E-state index is 0.0435. The van der Waals surface area contributed by atoms with Gasteiger partial charge in [0.05, 0.1) is 0 Å². The van der Waals surface area contributed by atoms with E-state index < -0.39 is 23.5 Å². The van der Waals surface area contributed by atoms with Gasteiger partial charge in [-0.1, -0.05) is 5.18 Å². The van der Waals surface area contributed by atoms with Crippen LogP contribution in [0.2, 0.25) is 0 Å². The van der Waals surface area contributed by atoms with E-state index in [0.717, 1.165) is 12.8 Å². The molecule has 20 heavy (non-hydrogen) atoms. The fourth-order valence-corrected chi connectivity index (χ4v) is 2.81. The molecule has 1 amide bonds. The first-order chi connectivity index (χ1) is 9.52. The minimum Gasteiger partial charge on any atom is -0.480 e. The van der Waals surface area contributed by atoms with E-state index in [0.29, 0.717) is 25.9 Å². The van der Waals surface area contributed by atoms with Crippen LogP contribution in [0.15, 0.2) is 5.18 Å². The van der Waals surface area contributed by atoms with E-state index >= 15 is 0 Å². The van der Waals surface area contributed by atoms with E-state index in [9.17, 15) is 19.6 Å². The lowest BCUT2D eigenvalue weighted by Crippen LogP contribution is -2.56. The maximum Gasteiger partial charge on any atom is 0.326 e. The molecule has 114 valence electrons. The topological polar surface area (TPSA) is 113 Å². The van der Waals surface area contributed by atoms with Gasteiger partial charge in [-0.25, -0.2) is 4.79 Å². The van der Waals surface area contributed by atoms with Crippen LogP contribution in [0.1, 0.15) is 32.1 Å². The molecule has 0 aromatic carbocycles. The zero-order valence-electron chi connectivity index (χ0n) is 11.3. The molecule has 1 aliphatic rings. The van der Waals surface area contributed by atoms with Crippen molar-refractivity contribution in [3.8, 4) is 0 Å². The van der Waals surface area contributed by atoms with E-state index in [4.69, 9.17) is 5.73 Å². The van der Waals surface area contributed by atoms with Crippen LogP contribution in [-0.4, -0.2) is 52.3 Å². The lowest BCUT2D eigenvalue weighted by Gasteiger charge is -2.37. The van der Waals surface area contributed by atoms with Crippen LogP contribution in [-0.2, 0) is 9.59 Å². The number of hydrogen-bond acceptors (Lipinski definition) is 6. The zero-order chi connectivity index (χ0) is 15.2. The summed E-state index contributed by atoms with van der Waals surface area (Å²) in [7, 11) is 0. The average Bonchev–Trinajstić information content (AvgIpc) is 2.48. The summed E-state index contributed by atoms with van der Waals surface area (Å²) in [6.07, 6.45) is 2.54. The molecule has 0 aliphatic carbocycles. The number of nitroso groups, excluding NO2 is 1. The Bertz CT molecular complexity index is 380. The van der Waals surface area contributed by atoms with Crippen molar-refractivity contribution < 1.29 is 14.7 Å². The summed E-state index contributed by atoms with van der Waals surface area (Å²) in [5.41, 5.74) is 3.91. The van der Waals surface area contributed by atoms with Gasteiger partial charge in [-0.2, -0.15) is 12.6 Å². The number of likely N-dealkylation sites (tertiary alicyclic amines) is 1. The van der Waals surface area contributed by atoms with Gasteiger partial charge in [0.2, 0.25) is 0 Å². The fourth-order valence-electron chi connectivity index (χ4n) is 2.46. The van der Waals surface area contributed by atoms with Crippen LogP contribution in [0.4, 0.5) is 0 Å². The first kappa shape index (κ1) is 16.9. The third-order valence-electron chi connectivity index (χ3n) is 3.68. The van der Waals surface area contributed by atoms with Crippen molar-refractivity contribution in [2.24, 2.45) is 10.9 Å². The molecule has 1 aliphatic heterocycles. The first-order valence-corrected chi connectivity index (χ1v) is 7.35. The molecule has 7 nitrogen and oxygen atoms in total. The predicted molar refractivity (Wildman–Crippen MR) is 77.7 cm³/mol. The number of rotatable bonds is 7. The lowest BCUT2D eigenvalue weighted by atomic mass is 9.91. The largest absolute Gasteiger partial charge is 0.480 e. The van der Waals surface area contributed by atoms with E-state index in [1.807, 2.05) is 0 Å². The highest BCUT2D eigenvalue weighted by Crippen LogP contribution is 2.27. The van der Waals surface area contributed by atoms with Crippen LogP contribution in [0, 0.1) is 4.91 Å². The molecule has 0 spiro atoms. The summed E-state index contributed by atoms with van der Waals surface area (Å²) in [5.74, 6) is -1.63. The molecule has 1 rings (SSSR count). The Kier molecular flexibility index (Phi) is 6.41. The van der Waals surface area contributed by atoms with E-state index in [1.54, 1.807) is 0 Å². The summed E-state index contributed by atoms with van der Waals surface area (Å²) in [6.45, 7) is 0.671. The Morgan fingerprint density at radius 2 is 2.15 bits per heavy atom. The van der Waals surface area contributed by atoms with Crippen LogP contribution in [0.3, 0.4) is 0 Å². The van der Waals surface area contributed by atoms with Crippen molar-refractivity contribution in [1.82, 2.24) is 4.90 Å². The number of amides is 1. The second-order valence-electron chi connectivity index (χ2n) is 5.02. The van der Waals surface area contributed by atoms with Crippen LogP contribution in [0.25, 0.3) is 0 Å². The van der Waals surface area contributed by atoms with Crippen molar-refractivity contribution in [3.05, 3.63) is 4.91 Å². The number of thiol groups is 1. The molecule has 0 aromatic heterocycles. The maximum absolute atomic E-state index is 12.6. The number of carbonyl (C=O) groups is 2. The van der Waals surface area contributed by atoms with Gasteiger partial charge >= 0.3 is 5.97 Å². The molecule has 0 saturated carbocycles. The summed E-state index contributed by atoms with van der Waals surface area (Å²) < 4.78 is 0. The molecule has 0 aromatic rings. The van der Waals surface area contributed by atoms with Crippen LogP contribution in [0.5, 0.6) is 0 Å². The number of carboxylic acid groups (broad SMARTS) is 1. The Morgan fingerprint density at radius 1 is 1.45 bits per heavy atom. The van der Waals surface area contributed by atoms with Crippen molar-refractivity contribution in [1.29, 1.82) is 0 Å². The molecule has 2 atom stereocenters. The molecule has 0 radical (unpaired) electrons. The van der Waals surface area contributed by atoms with Gasteiger partial charge in [-0.15, -0.1) is 4.91 Å². The second-order valence-corrected chi connectivity index (χ2v) is 5.34. The average molecular weight is 303 g/mol. The molecule has 3 N–H and O–H groups in total. The summed E-state index contributed by atoms with van der Waals surface area (Å²) in [4.78, 5) is 36.3. The van der Waals surface area contributed by atoms with Gasteiger partial charge < -0.3 is 15.7 Å². The number of hydrogen-bond donors (Lipinski definition) is 3. The molecule has 8 heteroatoms. The number of aliphatic carboxylic acids is 1. The van der Waals surface area contributed by atoms with Crippen molar-refractivity contribution in [3.63, 3.8) is 0 Å². The van der Waals surface area contributed by atoms with Crippen molar-refractivity contribution in [2.75, 3.05) is 18.8 Å². The van der Waals surface area contributed by atoms with Gasteiger partial charge in [0.25, 0.3) is 5.91 Å². The molecule has 2 unspecified atom stereocenters. The smallest absolute Gasteiger partial charge is 0.326 e. The summed E-state index contributed by atoms with van der Waals surface area (Å²) in [5, 5.41) is 12.2. The monoisotopic (exact) mass is 303 g/mol. The van der Waals surface area contributed by atoms with E-state index in [-0.39, 0.29) is 12.2 Å². The number of carboxylic acids is 1. The normalized spacial score (nSPS) is 22.1. The SMILES string of the molecule is NCCCC(CS)(N=O)C(=O)N1CCCCC1C(=O)O. The van der Waals surface area contributed by atoms with Crippen LogP contribution >= 0.6 is 12.6 Å². The summed E-state index contributed by atoms with van der Waals surface area (Å²) in [6, 6.07) is -0.880. The van der Waals surface area contributed by atoms with Gasteiger partial charge in [0.1, 0.15) is 6.04 Å². The molecule has 0 bridgehead atoms. The Morgan fingerprint density at radius 3 is 2.65 bits per heavy atom. The quantitative estimate of drug-likeness (QED) is 0.471. The predicted octanol–water partition coefficient (Wildman–Crippen LogP) is 0.626. The third kappa shape index (κ3) is 3.49. The maximum atomic E-state index is 12.6. The molecule has 1 heterocycles. The number of piperidine rings is 1. The zero-order valence-corrected chi connectivity index (χ0v) is 12.2. The molecule has 1 saturated heterocycles. The standard InChI is InChI=1S/C12H21N3O4S/c13-6-3-5-12(8-20,14-19)11(18)15-7-2-1-4-9(15)10(16)17/h9,20H,1-8,13H2,(H,16,17). The molecular weight excluding hydrogens is 282 g/mol. The minimum atomic E-state index is -1.51. The van der Waals surface area contributed by atoms with E-state index in [1.165, 1.54) is 4.90 Å². The highest BCUT2D eigenvalue weighted by Gasteiger charge is 2.45. The number of nitrogens with two attached hydrogens (primary N) is 1. The number of nitrogens with zero attached hydrogens (tertiary/aromatic N) is 2. The Balaban J connectivity index is 2.97. The molecule has 1 fully saturated rings. The second kappa shape index (κ2) is 7.58. The van der Waals surface area contributed by atoms with Gasteiger partial charge in [0, 0.05) is 12.3 Å². The van der Waals surface area contributed by atoms with Gasteiger partial charge in [0.15, 0.2) is 5.54 Å². The first-order valence-electron chi connectivity index (χ1n) is 6.71. The highest BCUT2D eigenvalue weighted by molar-refractivity contribution is 7.80. The fraction of sp³-hybridized carbons (Fsp3) is 0.833. The molecular formula is C12H21N3O4S. The van der Waals surface area contributed by atoms with Crippen molar-refractivity contribution >= 4 is 24.5 Å². The lowest BCUT2D eigenvalue weighted by molar-refractivity contribution is -0.154. The van der Waals surface area contributed by atoms with Gasteiger partial charge in [-0.3, -0.25) is 4.79 Å². The highest BCUT2D eigenvalue weighted by atomic mass is 32.1.